The zero-order chi connectivity index (χ0) is 12.9. The van der Waals surface area contributed by atoms with Crippen LogP contribution >= 0.6 is 0 Å². The zero-order valence-electron chi connectivity index (χ0n) is 10.6. The maximum atomic E-state index is 11.8. The van der Waals surface area contributed by atoms with Gasteiger partial charge in [0.25, 0.3) is 0 Å². The fraction of sp³-hybridized carbons (Fsp3) is 0.462. The standard InChI is InChI=1S/C13H20N2O2/c1-13(2,14)12(16)15(3)9-10-17-11-7-5-4-6-8-11/h4-8H,9-10,14H2,1-3H3. The van der Waals surface area contributed by atoms with Gasteiger partial charge in [0.1, 0.15) is 12.4 Å². The van der Waals surface area contributed by atoms with Gasteiger partial charge in [-0.3, -0.25) is 4.79 Å². The molecule has 2 N–H and O–H groups in total. The highest BCUT2D eigenvalue weighted by Gasteiger charge is 2.25. The molecule has 1 aromatic rings. The fourth-order valence-electron chi connectivity index (χ4n) is 1.41. The van der Waals surface area contributed by atoms with Gasteiger partial charge >= 0.3 is 0 Å². The minimum atomic E-state index is -0.832. The van der Waals surface area contributed by atoms with Crippen LogP contribution in [0.5, 0.6) is 5.75 Å². The SMILES string of the molecule is CN(CCOc1ccccc1)C(=O)C(C)(C)N. The van der Waals surface area contributed by atoms with Crippen molar-refractivity contribution in [1.29, 1.82) is 0 Å². The van der Waals surface area contributed by atoms with Crippen molar-refractivity contribution in [2.24, 2.45) is 5.73 Å². The molecule has 4 heteroatoms. The molecular formula is C13H20N2O2. The highest BCUT2D eigenvalue weighted by Crippen LogP contribution is 2.08. The predicted molar refractivity (Wildman–Crippen MR) is 67.8 cm³/mol. The third-order valence-corrected chi connectivity index (χ3v) is 2.34. The van der Waals surface area contributed by atoms with Crippen LogP contribution in [0, 0.1) is 0 Å². The molecule has 1 amide bonds. The van der Waals surface area contributed by atoms with Crippen molar-refractivity contribution in [2.75, 3.05) is 20.2 Å². The molecule has 17 heavy (non-hydrogen) atoms. The number of amides is 1. The first-order chi connectivity index (χ1) is 7.91. The number of carbonyl (C=O) groups is 1. The van der Waals surface area contributed by atoms with Gasteiger partial charge in [0.15, 0.2) is 0 Å². The molecule has 0 saturated carbocycles. The van der Waals surface area contributed by atoms with Gasteiger partial charge in [0, 0.05) is 7.05 Å². The molecule has 0 aromatic heterocycles. The van der Waals surface area contributed by atoms with Crippen LogP contribution in [0.3, 0.4) is 0 Å². The van der Waals surface area contributed by atoms with Crippen molar-refractivity contribution in [1.82, 2.24) is 4.90 Å². The topological polar surface area (TPSA) is 55.6 Å². The summed E-state index contributed by atoms with van der Waals surface area (Å²) in [4.78, 5) is 13.3. The van der Waals surface area contributed by atoms with E-state index >= 15 is 0 Å². The first-order valence-electron chi connectivity index (χ1n) is 5.63. The molecule has 94 valence electrons. The van der Waals surface area contributed by atoms with E-state index in [-0.39, 0.29) is 5.91 Å². The van der Waals surface area contributed by atoms with Gasteiger partial charge in [-0.25, -0.2) is 0 Å². The zero-order valence-corrected chi connectivity index (χ0v) is 10.6. The van der Waals surface area contributed by atoms with Crippen molar-refractivity contribution in [3.05, 3.63) is 30.3 Å². The molecule has 0 saturated heterocycles. The maximum Gasteiger partial charge on any atom is 0.241 e. The molecule has 0 aliphatic carbocycles. The fourth-order valence-corrected chi connectivity index (χ4v) is 1.41. The van der Waals surface area contributed by atoms with E-state index in [4.69, 9.17) is 10.5 Å². The average molecular weight is 236 g/mol. The molecule has 0 unspecified atom stereocenters. The lowest BCUT2D eigenvalue weighted by Gasteiger charge is -2.25. The summed E-state index contributed by atoms with van der Waals surface area (Å²) in [6.07, 6.45) is 0. The van der Waals surface area contributed by atoms with E-state index in [1.807, 2.05) is 30.3 Å². The number of carbonyl (C=O) groups excluding carboxylic acids is 1. The molecular weight excluding hydrogens is 216 g/mol. The molecule has 0 spiro atoms. The summed E-state index contributed by atoms with van der Waals surface area (Å²) >= 11 is 0. The Labute approximate surface area is 102 Å². The molecule has 0 aliphatic heterocycles. The lowest BCUT2D eigenvalue weighted by molar-refractivity contribution is -0.134. The lowest BCUT2D eigenvalue weighted by atomic mass is 10.1. The molecule has 0 heterocycles. The largest absolute Gasteiger partial charge is 0.492 e. The first kappa shape index (κ1) is 13.5. The number of para-hydroxylation sites is 1. The Morgan fingerprint density at radius 3 is 2.47 bits per heavy atom. The van der Waals surface area contributed by atoms with Gasteiger partial charge in [-0.1, -0.05) is 18.2 Å². The Hall–Kier alpha value is -1.55. The monoisotopic (exact) mass is 236 g/mol. The van der Waals surface area contributed by atoms with E-state index in [0.29, 0.717) is 13.2 Å². The molecule has 0 aliphatic rings. The van der Waals surface area contributed by atoms with Gasteiger partial charge in [0.05, 0.1) is 12.1 Å². The first-order valence-corrected chi connectivity index (χ1v) is 5.63. The van der Waals surface area contributed by atoms with Crippen molar-refractivity contribution in [2.45, 2.75) is 19.4 Å². The van der Waals surface area contributed by atoms with Crippen LogP contribution in [-0.2, 0) is 4.79 Å². The number of ether oxygens (including phenoxy) is 1. The predicted octanol–water partition coefficient (Wildman–Crippen LogP) is 1.26. The molecule has 0 bridgehead atoms. The van der Waals surface area contributed by atoms with Crippen molar-refractivity contribution in [3.63, 3.8) is 0 Å². The Morgan fingerprint density at radius 1 is 1.35 bits per heavy atom. The van der Waals surface area contributed by atoms with E-state index < -0.39 is 5.54 Å². The summed E-state index contributed by atoms with van der Waals surface area (Å²) in [6, 6.07) is 9.52. The Morgan fingerprint density at radius 2 is 1.94 bits per heavy atom. The van der Waals surface area contributed by atoms with E-state index in [0.717, 1.165) is 5.75 Å². The maximum absolute atomic E-state index is 11.8. The van der Waals surface area contributed by atoms with Crippen LogP contribution in [0.25, 0.3) is 0 Å². The van der Waals surface area contributed by atoms with E-state index in [9.17, 15) is 4.79 Å². The van der Waals surface area contributed by atoms with Gasteiger partial charge in [-0.2, -0.15) is 0 Å². The van der Waals surface area contributed by atoms with Crippen LogP contribution in [0.1, 0.15) is 13.8 Å². The molecule has 1 aromatic carbocycles. The van der Waals surface area contributed by atoms with Gasteiger partial charge in [-0.15, -0.1) is 0 Å². The average Bonchev–Trinajstić information content (AvgIpc) is 2.28. The van der Waals surface area contributed by atoms with Crippen LogP contribution in [0.15, 0.2) is 30.3 Å². The minimum absolute atomic E-state index is 0.0887. The summed E-state index contributed by atoms with van der Waals surface area (Å²) in [7, 11) is 1.73. The second-order valence-electron chi connectivity index (χ2n) is 4.61. The number of nitrogens with two attached hydrogens (primary N) is 1. The quantitative estimate of drug-likeness (QED) is 0.837. The number of likely N-dealkylation sites (N-methyl/N-ethyl adjacent to an activating group) is 1. The summed E-state index contributed by atoms with van der Waals surface area (Å²) in [5.41, 5.74) is 4.90. The molecule has 1 rings (SSSR count). The molecule has 0 radical (unpaired) electrons. The molecule has 4 nitrogen and oxygen atoms in total. The lowest BCUT2D eigenvalue weighted by Crippen LogP contribution is -2.50. The minimum Gasteiger partial charge on any atom is -0.492 e. The molecule has 0 fully saturated rings. The van der Waals surface area contributed by atoms with Crippen LogP contribution in [-0.4, -0.2) is 36.5 Å². The third-order valence-electron chi connectivity index (χ3n) is 2.34. The third kappa shape index (κ3) is 4.44. The summed E-state index contributed by atoms with van der Waals surface area (Å²) in [5, 5.41) is 0. The normalized spacial score (nSPS) is 11.1. The van der Waals surface area contributed by atoms with Crippen molar-refractivity contribution >= 4 is 5.91 Å². The highest BCUT2D eigenvalue weighted by molar-refractivity contribution is 5.84. The number of hydrogen-bond donors (Lipinski definition) is 1. The second kappa shape index (κ2) is 5.68. The summed E-state index contributed by atoms with van der Waals surface area (Å²) in [5.74, 6) is 0.717. The van der Waals surface area contributed by atoms with Crippen molar-refractivity contribution < 1.29 is 9.53 Å². The highest BCUT2D eigenvalue weighted by atomic mass is 16.5. The van der Waals surface area contributed by atoms with Gasteiger partial charge < -0.3 is 15.4 Å². The Bertz CT molecular complexity index is 357. The number of rotatable bonds is 5. The number of benzene rings is 1. The Balaban J connectivity index is 2.35. The number of nitrogens with zero attached hydrogens (tertiary/aromatic N) is 1. The van der Waals surface area contributed by atoms with E-state index in [1.54, 1.807) is 25.8 Å². The molecule has 0 atom stereocenters. The van der Waals surface area contributed by atoms with Crippen LogP contribution in [0.4, 0.5) is 0 Å². The summed E-state index contributed by atoms with van der Waals surface area (Å²) in [6.45, 7) is 4.38. The smallest absolute Gasteiger partial charge is 0.241 e. The number of hydrogen-bond acceptors (Lipinski definition) is 3. The van der Waals surface area contributed by atoms with Crippen molar-refractivity contribution in [3.8, 4) is 5.75 Å². The van der Waals surface area contributed by atoms with E-state index in [2.05, 4.69) is 0 Å². The Kier molecular flexibility index (Phi) is 4.52. The van der Waals surface area contributed by atoms with Gasteiger partial charge in [0.2, 0.25) is 5.91 Å². The summed E-state index contributed by atoms with van der Waals surface area (Å²) < 4.78 is 5.50. The van der Waals surface area contributed by atoms with E-state index in [1.165, 1.54) is 0 Å². The second-order valence-corrected chi connectivity index (χ2v) is 4.61. The van der Waals surface area contributed by atoms with Crippen LogP contribution in [0.2, 0.25) is 0 Å². The van der Waals surface area contributed by atoms with Crippen LogP contribution < -0.4 is 10.5 Å². The van der Waals surface area contributed by atoms with Gasteiger partial charge in [-0.05, 0) is 26.0 Å².